The summed E-state index contributed by atoms with van der Waals surface area (Å²) >= 11 is 5.80. The van der Waals surface area contributed by atoms with Crippen molar-refractivity contribution in [2.75, 3.05) is 5.73 Å². The maximum absolute atomic E-state index is 13.0. The Hall–Kier alpha value is -1.87. The zero-order chi connectivity index (χ0) is 13.3. The molecule has 0 aliphatic rings. The molecule has 0 radical (unpaired) electrons. The highest BCUT2D eigenvalue weighted by molar-refractivity contribution is 6.33. The van der Waals surface area contributed by atoms with Crippen LogP contribution in [0.4, 0.5) is 10.1 Å². The Morgan fingerprint density at radius 2 is 1.94 bits per heavy atom. The normalized spacial score (nSPS) is 10.4. The molecule has 0 amide bonds. The van der Waals surface area contributed by atoms with Gasteiger partial charge in [-0.05, 0) is 48.9 Å². The molecule has 0 saturated carbocycles. The Morgan fingerprint density at radius 1 is 1.22 bits per heavy atom. The molecule has 0 unspecified atom stereocenters. The molecule has 0 saturated heterocycles. The third-order valence-corrected chi connectivity index (χ3v) is 3.04. The number of carbonyl (C=O) groups excluding carboxylic acids is 1. The summed E-state index contributed by atoms with van der Waals surface area (Å²) in [5.41, 5.74) is 7.49. The Labute approximate surface area is 109 Å². The van der Waals surface area contributed by atoms with E-state index < -0.39 is 0 Å². The Bertz CT molecular complexity index is 625. The number of hydrogen-bond acceptors (Lipinski definition) is 2. The molecule has 2 aromatic rings. The fraction of sp³-hybridized carbons (Fsp3) is 0.0714. The van der Waals surface area contributed by atoms with Gasteiger partial charge in [0, 0.05) is 11.1 Å². The number of rotatable bonds is 2. The van der Waals surface area contributed by atoms with Gasteiger partial charge in [-0.1, -0.05) is 11.6 Å². The lowest BCUT2D eigenvalue weighted by atomic mass is 9.99. The number of ketones is 1. The van der Waals surface area contributed by atoms with Gasteiger partial charge in [0.15, 0.2) is 5.78 Å². The first-order valence-electron chi connectivity index (χ1n) is 5.35. The van der Waals surface area contributed by atoms with Gasteiger partial charge in [-0.2, -0.15) is 0 Å². The van der Waals surface area contributed by atoms with Crippen molar-refractivity contribution in [1.29, 1.82) is 0 Å². The van der Waals surface area contributed by atoms with Crippen molar-refractivity contribution < 1.29 is 9.18 Å². The Morgan fingerprint density at radius 3 is 2.56 bits per heavy atom. The topological polar surface area (TPSA) is 43.1 Å². The van der Waals surface area contributed by atoms with E-state index in [0.717, 1.165) is 0 Å². The first-order chi connectivity index (χ1) is 8.49. The first kappa shape index (κ1) is 12.6. The van der Waals surface area contributed by atoms with Crippen LogP contribution in [-0.2, 0) is 0 Å². The summed E-state index contributed by atoms with van der Waals surface area (Å²) in [6.45, 7) is 1.69. The maximum atomic E-state index is 13.0. The highest BCUT2D eigenvalue weighted by Gasteiger charge is 2.13. The van der Waals surface area contributed by atoms with E-state index in [1.807, 2.05) is 0 Å². The van der Waals surface area contributed by atoms with Gasteiger partial charge in [0.05, 0.1) is 10.7 Å². The minimum atomic E-state index is -0.361. The van der Waals surface area contributed by atoms with Crippen LogP contribution in [0.3, 0.4) is 0 Å². The van der Waals surface area contributed by atoms with Gasteiger partial charge in [0.1, 0.15) is 5.82 Å². The van der Waals surface area contributed by atoms with E-state index >= 15 is 0 Å². The molecule has 0 aliphatic carbocycles. The fourth-order valence-electron chi connectivity index (χ4n) is 1.72. The van der Waals surface area contributed by atoms with Crippen molar-refractivity contribution in [2.24, 2.45) is 0 Å². The molecule has 0 aliphatic heterocycles. The van der Waals surface area contributed by atoms with Gasteiger partial charge in [0.2, 0.25) is 0 Å². The molecular weight excluding hydrogens is 253 g/mol. The molecule has 0 spiro atoms. The second-order valence-electron chi connectivity index (χ2n) is 4.02. The van der Waals surface area contributed by atoms with Crippen molar-refractivity contribution in [3.8, 4) is 0 Å². The van der Waals surface area contributed by atoms with Crippen LogP contribution in [0.2, 0.25) is 5.02 Å². The summed E-state index contributed by atoms with van der Waals surface area (Å²) in [4.78, 5) is 12.2. The van der Waals surface area contributed by atoms with E-state index in [-0.39, 0.29) is 11.6 Å². The molecule has 92 valence electrons. The van der Waals surface area contributed by atoms with Crippen molar-refractivity contribution in [1.82, 2.24) is 0 Å². The van der Waals surface area contributed by atoms with Gasteiger partial charge in [-0.25, -0.2) is 4.39 Å². The predicted octanol–water partition coefficient (Wildman–Crippen LogP) is 3.60. The lowest BCUT2D eigenvalue weighted by molar-refractivity contribution is 0.103. The number of hydrogen-bond donors (Lipinski definition) is 1. The van der Waals surface area contributed by atoms with Crippen molar-refractivity contribution in [3.05, 3.63) is 63.9 Å². The largest absolute Gasteiger partial charge is 0.398 e. The van der Waals surface area contributed by atoms with Crippen LogP contribution >= 0.6 is 11.6 Å². The lowest BCUT2D eigenvalue weighted by Gasteiger charge is -2.06. The molecule has 0 heterocycles. The van der Waals surface area contributed by atoms with Crippen LogP contribution in [-0.4, -0.2) is 5.78 Å². The van der Waals surface area contributed by atoms with E-state index in [4.69, 9.17) is 17.3 Å². The van der Waals surface area contributed by atoms with Crippen LogP contribution in [0.25, 0.3) is 0 Å². The second-order valence-corrected chi connectivity index (χ2v) is 4.43. The average Bonchev–Trinajstić information content (AvgIpc) is 2.32. The highest BCUT2D eigenvalue weighted by atomic mass is 35.5. The number of aryl methyl sites for hydroxylation is 1. The van der Waals surface area contributed by atoms with Gasteiger partial charge < -0.3 is 5.73 Å². The van der Waals surface area contributed by atoms with Gasteiger partial charge >= 0.3 is 0 Å². The Kier molecular flexibility index (Phi) is 3.34. The van der Waals surface area contributed by atoms with Crippen LogP contribution in [0.15, 0.2) is 36.4 Å². The van der Waals surface area contributed by atoms with Crippen LogP contribution in [0.1, 0.15) is 21.5 Å². The zero-order valence-corrected chi connectivity index (χ0v) is 10.5. The number of anilines is 1. The van der Waals surface area contributed by atoms with E-state index in [1.54, 1.807) is 19.1 Å². The quantitative estimate of drug-likeness (QED) is 0.664. The van der Waals surface area contributed by atoms with E-state index in [1.165, 1.54) is 24.3 Å². The predicted molar refractivity (Wildman–Crippen MR) is 70.4 cm³/mol. The molecule has 18 heavy (non-hydrogen) atoms. The minimum absolute atomic E-state index is 0.198. The molecule has 2 rings (SSSR count). The van der Waals surface area contributed by atoms with E-state index in [0.29, 0.717) is 27.4 Å². The third kappa shape index (κ3) is 2.36. The van der Waals surface area contributed by atoms with Gasteiger partial charge in [0.25, 0.3) is 0 Å². The molecule has 2 nitrogen and oxygen atoms in total. The Balaban J connectivity index is 2.44. The molecule has 2 aromatic carbocycles. The molecule has 0 atom stereocenters. The monoisotopic (exact) mass is 263 g/mol. The molecule has 0 bridgehead atoms. The van der Waals surface area contributed by atoms with E-state index in [2.05, 4.69) is 0 Å². The highest BCUT2D eigenvalue weighted by Crippen LogP contribution is 2.22. The summed E-state index contributed by atoms with van der Waals surface area (Å²) in [6.07, 6.45) is 0. The summed E-state index contributed by atoms with van der Waals surface area (Å²) in [7, 11) is 0. The number of carbonyl (C=O) groups is 1. The summed E-state index contributed by atoms with van der Waals surface area (Å²) in [5, 5.41) is 0.405. The lowest BCUT2D eigenvalue weighted by Crippen LogP contribution is -2.04. The minimum Gasteiger partial charge on any atom is -0.398 e. The van der Waals surface area contributed by atoms with Crippen LogP contribution in [0, 0.1) is 12.7 Å². The van der Waals surface area contributed by atoms with Crippen molar-refractivity contribution in [3.63, 3.8) is 0 Å². The van der Waals surface area contributed by atoms with E-state index in [9.17, 15) is 9.18 Å². The average molecular weight is 264 g/mol. The summed E-state index contributed by atoms with van der Waals surface area (Å²) < 4.78 is 13.0. The van der Waals surface area contributed by atoms with Crippen LogP contribution < -0.4 is 5.73 Å². The fourth-order valence-corrected chi connectivity index (χ4v) is 1.84. The standard InChI is InChI=1S/C14H11ClFNO/c1-8-6-10(16)3-4-11(8)14(18)9-2-5-12(15)13(17)7-9/h2-7H,17H2,1H3. The molecule has 4 heteroatoms. The van der Waals surface area contributed by atoms with Gasteiger partial charge in [-0.15, -0.1) is 0 Å². The smallest absolute Gasteiger partial charge is 0.193 e. The van der Waals surface area contributed by atoms with Crippen LogP contribution in [0.5, 0.6) is 0 Å². The SMILES string of the molecule is Cc1cc(F)ccc1C(=O)c1ccc(Cl)c(N)c1. The molecule has 0 fully saturated rings. The number of benzene rings is 2. The number of nitrogens with two attached hydrogens (primary N) is 1. The van der Waals surface area contributed by atoms with Crippen molar-refractivity contribution >= 4 is 23.1 Å². The summed E-state index contributed by atoms with van der Waals surface area (Å²) in [6, 6.07) is 8.75. The third-order valence-electron chi connectivity index (χ3n) is 2.69. The molecule has 2 N–H and O–H groups in total. The number of nitrogen functional groups attached to an aromatic ring is 1. The summed E-state index contributed by atoms with van der Waals surface area (Å²) in [5.74, 6) is -0.560. The van der Waals surface area contributed by atoms with Gasteiger partial charge in [-0.3, -0.25) is 4.79 Å². The molecular formula is C14H11ClFNO. The zero-order valence-electron chi connectivity index (χ0n) is 9.71. The van der Waals surface area contributed by atoms with Crippen molar-refractivity contribution in [2.45, 2.75) is 6.92 Å². The maximum Gasteiger partial charge on any atom is 0.193 e. The first-order valence-corrected chi connectivity index (χ1v) is 5.72. The number of halogens is 2. The second kappa shape index (κ2) is 4.78. The molecule has 0 aromatic heterocycles.